The second-order valence-electron chi connectivity index (χ2n) is 5.54. The summed E-state index contributed by atoms with van der Waals surface area (Å²) in [4.78, 5) is 0. The predicted octanol–water partition coefficient (Wildman–Crippen LogP) is 3.93. The molecule has 1 heterocycles. The van der Waals surface area contributed by atoms with Crippen LogP contribution in [0.3, 0.4) is 0 Å². The largest absolute Gasteiger partial charge is 0.193 e. The van der Waals surface area contributed by atoms with Gasteiger partial charge in [0.25, 0.3) is 0 Å². The first-order valence-electron chi connectivity index (χ1n) is 5.73. The van der Waals surface area contributed by atoms with Crippen LogP contribution in [0.15, 0.2) is 30.3 Å². The van der Waals surface area contributed by atoms with Crippen molar-refractivity contribution in [3.05, 3.63) is 30.3 Å². The lowest BCUT2D eigenvalue weighted by Crippen LogP contribution is -2.45. The average Bonchev–Trinajstić information content (AvgIpc) is 2.33. The van der Waals surface area contributed by atoms with Crippen LogP contribution in [0.5, 0.6) is 0 Å². The van der Waals surface area contributed by atoms with E-state index in [4.69, 9.17) is 0 Å². The molecular weight excluding hydrogens is 281 g/mol. The van der Waals surface area contributed by atoms with E-state index >= 15 is 0 Å². The van der Waals surface area contributed by atoms with Gasteiger partial charge in [-0.05, 0) is 11.7 Å². The van der Waals surface area contributed by atoms with Gasteiger partial charge in [0.1, 0.15) is 13.5 Å². The Balaban J connectivity index is 2.38. The summed E-state index contributed by atoms with van der Waals surface area (Å²) < 4.78 is 0. The number of hydrogen-bond donors (Lipinski definition) is 0. The molecule has 0 nitrogen and oxygen atoms in total. The van der Waals surface area contributed by atoms with Gasteiger partial charge in [-0.1, -0.05) is 56.5 Å². The first-order chi connectivity index (χ1) is 7.27. The molecule has 2 rings (SSSR count). The van der Waals surface area contributed by atoms with E-state index in [2.05, 4.69) is 84.4 Å². The Bertz CT molecular complexity index is 373. The lowest BCUT2D eigenvalue weighted by molar-refractivity contribution is 1.76. The molecule has 0 radical (unpaired) electrons. The Morgan fingerprint density at radius 2 is 1.19 bits per heavy atom. The molecule has 0 bridgehead atoms. The van der Waals surface area contributed by atoms with Gasteiger partial charge in [0.05, 0.1) is 0 Å². The second-order valence-corrected chi connectivity index (χ2v) is 40.8. The third kappa shape index (κ3) is 2.12. The van der Waals surface area contributed by atoms with Crippen LogP contribution in [0.1, 0.15) is 0 Å². The lowest BCUT2D eigenvalue weighted by Gasteiger charge is -2.27. The van der Waals surface area contributed by atoms with Crippen LogP contribution in [-0.2, 0) is 0 Å². The first kappa shape index (κ1) is 13.0. The molecule has 0 aliphatic carbocycles. The Morgan fingerprint density at radius 3 is 1.62 bits per heavy atom. The van der Waals surface area contributed by atoms with Crippen LogP contribution in [0.2, 0.25) is 32.7 Å². The van der Waals surface area contributed by atoms with Crippen molar-refractivity contribution in [3.63, 3.8) is 0 Å². The van der Waals surface area contributed by atoms with Gasteiger partial charge in [-0.3, -0.25) is 0 Å². The van der Waals surface area contributed by atoms with E-state index in [0.717, 1.165) is 0 Å². The van der Waals surface area contributed by atoms with E-state index < -0.39 is 19.9 Å². The molecular formula is C11H20S2Si3. The molecule has 0 aromatic heterocycles. The second kappa shape index (κ2) is 4.05. The fourth-order valence-corrected chi connectivity index (χ4v) is 89.8. The van der Waals surface area contributed by atoms with E-state index in [1.165, 1.54) is 0 Å². The van der Waals surface area contributed by atoms with Crippen molar-refractivity contribution in [1.82, 2.24) is 0 Å². The van der Waals surface area contributed by atoms with Crippen LogP contribution >= 0.6 is 21.3 Å². The zero-order chi connectivity index (χ0) is 12.0. The van der Waals surface area contributed by atoms with Crippen molar-refractivity contribution in [2.24, 2.45) is 0 Å². The summed E-state index contributed by atoms with van der Waals surface area (Å²) in [5, 5.41) is 1.64. The molecule has 0 saturated carbocycles. The molecule has 0 spiro atoms. The van der Waals surface area contributed by atoms with Crippen molar-refractivity contribution >= 4 is 46.4 Å². The van der Waals surface area contributed by atoms with Gasteiger partial charge in [-0.15, -0.1) is 0 Å². The maximum atomic E-state index is 2.60. The highest BCUT2D eigenvalue weighted by Gasteiger charge is 2.58. The summed E-state index contributed by atoms with van der Waals surface area (Å²) in [7, 11) is 4.87. The maximum absolute atomic E-state index is 2.60. The smallest absolute Gasteiger partial charge is 0.193 e. The normalized spacial score (nSPS) is 25.6. The molecule has 1 aromatic carbocycles. The topological polar surface area (TPSA) is 0 Å². The molecule has 16 heavy (non-hydrogen) atoms. The highest BCUT2D eigenvalue weighted by molar-refractivity contribution is 8.88. The third-order valence-electron chi connectivity index (χ3n) is 3.65. The number of hydrogen-bond acceptors (Lipinski definition) is 2. The van der Waals surface area contributed by atoms with Gasteiger partial charge in [0.15, 0.2) is 6.37 Å². The summed E-state index contributed by atoms with van der Waals surface area (Å²) in [5.74, 6) is 0. The molecule has 88 valence electrons. The van der Waals surface area contributed by atoms with Crippen LogP contribution in [0.4, 0.5) is 0 Å². The highest BCUT2D eigenvalue weighted by Crippen LogP contribution is 2.55. The zero-order valence-electron chi connectivity index (χ0n) is 10.7. The minimum Gasteiger partial charge on any atom is -0.193 e. The quantitative estimate of drug-likeness (QED) is 0.721. The van der Waals surface area contributed by atoms with Crippen LogP contribution in [-0.4, -0.2) is 19.9 Å². The van der Waals surface area contributed by atoms with Gasteiger partial charge in [0.2, 0.25) is 0 Å². The minimum absolute atomic E-state index is 1.01. The van der Waals surface area contributed by atoms with E-state index in [0.29, 0.717) is 0 Å². The van der Waals surface area contributed by atoms with Crippen LogP contribution in [0.25, 0.3) is 0 Å². The fourth-order valence-electron chi connectivity index (χ4n) is 2.10. The summed E-state index contributed by atoms with van der Waals surface area (Å²) in [5.41, 5.74) is 0. The van der Waals surface area contributed by atoms with Gasteiger partial charge in [-0.2, -0.15) is 21.3 Å². The highest BCUT2D eigenvalue weighted by atomic mass is 32.8. The SMILES string of the molecule is C[Si]1(c2ccccc2)S[Si](C)(C)[Si](C)(C)S1. The summed E-state index contributed by atoms with van der Waals surface area (Å²) >= 11 is 0. The molecule has 1 aromatic rings. The molecule has 1 fully saturated rings. The standard InChI is InChI=1S/C11H20S2Si3/c1-14(2)12-16(5,13-15(14,3)4)11-9-7-6-8-10-11/h6-10H,1-5H3. The van der Waals surface area contributed by atoms with E-state index in [9.17, 15) is 0 Å². The van der Waals surface area contributed by atoms with Gasteiger partial charge in [-0.25, -0.2) is 0 Å². The lowest BCUT2D eigenvalue weighted by atomic mass is 10.4. The summed E-state index contributed by atoms with van der Waals surface area (Å²) in [6, 6.07) is 11.3. The van der Waals surface area contributed by atoms with E-state index in [1.54, 1.807) is 5.19 Å². The van der Waals surface area contributed by atoms with Crippen LogP contribution in [0, 0.1) is 0 Å². The predicted molar refractivity (Wildman–Crippen MR) is 87.8 cm³/mol. The molecule has 0 atom stereocenters. The monoisotopic (exact) mass is 300 g/mol. The van der Waals surface area contributed by atoms with Crippen molar-refractivity contribution in [2.45, 2.75) is 32.7 Å². The Morgan fingerprint density at radius 1 is 0.750 bits per heavy atom. The zero-order valence-corrected chi connectivity index (χ0v) is 15.3. The van der Waals surface area contributed by atoms with E-state index in [1.807, 2.05) is 0 Å². The van der Waals surface area contributed by atoms with Crippen molar-refractivity contribution in [1.29, 1.82) is 0 Å². The fraction of sp³-hybridized carbons (Fsp3) is 0.455. The third-order valence-corrected chi connectivity index (χ3v) is 61.8. The van der Waals surface area contributed by atoms with Gasteiger partial charge < -0.3 is 0 Å². The average molecular weight is 301 g/mol. The molecule has 1 aliphatic heterocycles. The van der Waals surface area contributed by atoms with Crippen molar-refractivity contribution < 1.29 is 0 Å². The molecule has 1 saturated heterocycles. The molecule has 0 amide bonds. The van der Waals surface area contributed by atoms with Crippen molar-refractivity contribution in [2.75, 3.05) is 0 Å². The summed E-state index contributed by atoms with van der Waals surface area (Å²) in [6.07, 6.45) is -1.28. The maximum Gasteiger partial charge on any atom is 0.193 e. The first-order valence-corrected chi connectivity index (χ1v) is 19.8. The van der Waals surface area contributed by atoms with E-state index in [-0.39, 0.29) is 0 Å². The van der Waals surface area contributed by atoms with Crippen LogP contribution < -0.4 is 5.19 Å². The summed E-state index contributed by atoms with van der Waals surface area (Å²) in [6.45, 7) is 10.9. The molecule has 1 aliphatic rings. The Kier molecular flexibility index (Phi) is 3.29. The van der Waals surface area contributed by atoms with Gasteiger partial charge >= 0.3 is 0 Å². The van der Waals surface area contributed by atoms with Crippen molar-refractivity contribution in [3.8, 4) is 0 Å². The molecule has 0 unspecified atom stereocenters. The molecule has 0 N–H and O–H groups in total. The Hall–Kier alpha value is 0.571. The Labute approximate surface area is 109 Å². The number of rotatable bonds is 1. The minimum atomic E-state index is -1.28. The number of benzene rings is 1. The molecule has 5 heteroatoms. The van der Waals surface area contributed by atoms with Gasteiger partial charge in [0, 0.05) is 0 Å².